The summed E-state index contributed by atoms with van der Waals surface area (Å²) in [6, 6.07) is 0. The van der Waals surface area contributed by atoms with Gasteiger partial charge in [0.1, 0.15) is 0 Å². The fourth-order valence-electron chi connectivity index (χ4n) is 2.12. The van der Waals surface area contributed by atoms with Crippen LogP contribution < -0.4 is 15.8 Å². The number of hydrogen-bond acceptors (Lipinski definition) is 4. The summed E-state index contributed by atoms with van der Waals surface area (Å²) >= 11 is 0. The zero-order valence-electron chi connectivity index (χ0n) is 10.5. The molecule has 1 saturated heterocycles. The molecular formula is C12H20N4O. The summed E-state index contributed by atoms with van der Waals surface area (Å²) in [5.41, 5.74) is 1.63. The lowest BCUT2D eigenvalue weighted by Gasteiger charge is -2.21. The summed E-state index contributed by atoms with van der Waals surface area (Å²) in [6.45, 7) is 7.69. The summed E-state index contributed by atoms with van der Waals surface area (Å²) < 4.78 is 0. The van der Waals surface area contributed by atoms with E-state index in [-0.39, 0.29) is 5.56 Å². The highest BCUT2D eigenvalue weighted by atomic mass is 16.1. The molecule has 1 aliphatic rings. The van der Waals surface area contributed by atoms with Gasteiger partial charge in [-0.3, -0.25) is 9.78 Å². The van der Waals surface area contributed by atoms with Gasteiger partial charge in [0.15, 0.2) is 0 Å². The summed E-state index contributed by atoms with van der Waals surface area (Å²) in [7, 11) is 0. The van der Waals surface area contributed by atoms with E-state index in [1.54, 1.807) is 0 Å². The maximum Gasteiger partial charge on any atom is 0.255 e. The van der Waals surface area contributed by atoms with Crippen molar-refractivity contribution < 1.29 is 0 Å². The van der Waals surface area contributed by atoms with Gasteiger partial charge >= 0.3 is 0 Å². The third kappa shape index (κ3) is 2.66. The van der Waals surface area contributed by atoms with Crippen molar-refractivity contribution in [2.45, 2.75) is 26.7 Å². The highest BCUT2D eigenvalue weighted by Crippen LogP contribution is 2.10. The smallest absolute Gasteiger partial charge is 0.255 e. The lowest BCUT2D eigenvalue weighted by atomic mass is 10.2. The Hall–Kier alpha value is -1.36. The van der Waals surface area contributed by atoms with Gasteiger partial charge in [0.2, 0.25) is 5.95 Å². The summed E-state index contributed by atoms with van der Waals surface area (Å²) in [5.74, 6) is 0.723. The predicted molar refractivity (Wildman–Crippen MR) is 68.7 cm³/mol. The second kappa shape index (κ2) is 5.31. The molecule has 94 valence electrons. The molecule has 0 amide bonds. The first-order valence-electron chi connectivity index (χ1n) is 6.28. The zero-order chi connectivity index (χ0) is 12.3. The van der Waals surface area contributed by atoms with Gasteiger partial charge < -0.3 is 10.2 Å². The lowest BCUT2D eigenvalue weighted by Crippen LogP contribution is -2.32. The van der Waals surface area contributed by atoms with Gasteiger partial charge in [-0.05, 0) is 26.3 Å². The highest BCUT2D eigenvalue weighted by molar-refractivity contribution is 5.33. The largest absolute Gasteiger partial charge is 0.341 e. The molecule has 0 atom stereocenters. The molecule has 0 aromatic carbocycles. The van der Waals surface area contributed by atoms with Crippen LogP contribution in [0.1, 0.15) is 24.6 Å². The van der Waals surface area contributed by atoms with Crippen molar-refractivity contribution >= 4 is 5.95 Å². The first-order chi connectivity index (χ1) is 8.22. The van der Waals surface area contributed by atoms with Gasteiger partial charge in [-0.1, -0.05) is 6.92 Å². The summed E-state index contributed by atoms with van der Waals surface area (Å²) in [5, 5.41) is 3.34. The molecule has 5 nitrogen and oxygen atoms in total. The van der Waals surface area contributed by atoms with Gasteiger partial charge in [-0.15, -0.1) is 0 Å². The molecular weight excluding hydrogens is 216 g/mol. The van der Waals surface area contributed by atoms with E-state index in [0.717, 1.165) is 56.2 Å². The van der Waals surface area contributed by atoms with Gasteiger partial charge in [0, 0.05) is 25.2 Å². The van der Waals surface area contributed by atoms with Crippen LogP contribution in [-0.4, -0.2) is 36.1 Å². The normalized spacial score (nSPS) is 16.9. The molecule has 1 aromatic rings. The van der Waals surface area contributed by atoms with Crippen molar-refractivity contribution in [3.8, 4) is 0 Å². The van der Waals surface area contributed by atoms with E-state index in [0.29, 0.717) is 0 Å². The number of aryl methyl sites for hydroxylation is 1. The number of nitrogens with one attached hydrogen (secondary N) is 2. The monoisotopic (exact) mass is 236 g/mol. The van der Waals surface area contributed by atoms with Crippen molar-refractivity contribution in [3.05, 3.63) is 21.6 Å². The molecule has 1 aromatic heterocycles. The lowest BCUT2D eigenvalue weighted by molar-refractivity contribution is 0.724. The number of aromatic nitrogens is 2. The van der Waals surface area contributed by atoms with Crippen LogP contribution in [0.25, 0.3) is 0 Å². The van der Waals surface area contributed by atoms with Crippen LogP contribution >= 0.6 is 0 Å². The minimum absolute atomic E-state index is 0.0101. The van der Waals surface area contributed by atoms with Crippen LogP contribution in [0, 0.1) is 6.92 Å². The molecule has 0 spiro atoms. The van der Waals surface area contributed by atoms with Crippen molar-refractivity contribution in [1.82, 2.24) is 15.3 Å². The van der Waals surface area contributed by atoms with E-state index in [1.807, 2.05) is 13.8 Å². The third-order valence-corrected chi connectivity index (χ3v) is 3.21. The molecule has 1 aliphatic heterocycles. The Morgan fingerprint density at radius 1 is 1.35 bits per heavy atom. The highest BCUT2D eigenvalue weighted by Gasteiger charge is 2.13. The number of anilines is 1. The van der Waals surface area contributed by atoms with Crippen LogP contribution in [0.5, 0.6) is 0 Å². The molecule has 2 N–H and O–H groups in total. The van der Waals surface area contributed by atoms with Crippen LogP contribution in [0.15, 0.2) is 4.79 Å². The fraction of sp³-hybridized carbons (Fsp3) is 0.667. The maximum absolute atomic E-state index is 11.8. The summed E-state index contributed by atoms with van der Waals surface area (Å²) in [4.78, 5) is 21.4. The van der Waals surface area contributed by atoms with Gasteiger partial charge in [0.25, 0.3) is 5.56 Å². The Morgan fingerprint density at radius 2 is 2.18 bits per heavy atom. The Bertz CT molecular complexity index is 433. The van der Waals surface area contributed by atoms with Gasteiger partial charge in [-0.2, -0.15) is 0 Å². The van der Waals surface area contributed by atoms with E-state index in [1.165, 1.54) is 0 Å². The molecule has 5 heteroatoms. The van der Waals surface area contributed by atoms with Crippen LogP contribution in [-0.2, 0) is 6.42 Å². The average molecular weight is 236 g/mol. The number of aromatic amines is 1. The molecule has 2 rings (SSSR count). The maximum atomic E-state index is 11.8. The Balaban J connectivity index is 2.31. The number of hydrogen-bond donors (Lipinski definition) is 2. The SMILES string of the molecule is CCc1nc(N2CCCNCC2)[nH]c(=O)c1C. The predicted octanol–water partition coefficient (Wildman–Crippen LogP) is 0.440. The Labute approximate surface area is 101 Å². The van der Waals surface area contributed by atoms with Crippen molar-refractivity contribution in [2.75, 3.05) is 31.1 Å². The van der Waals surface area contributed by atoms with Crippen molar-refractivity contribution in [1.29, 1.82) is 0 Å². The second-order valence-corrected chi connectivity index (χ2v) is 4.41. The van der Waals surface area contributed by atoms with E-state index in [2.05, 4.69) is 20.2 Å². The minimum atomic E-state index is -0.0101. The van der Waals surface area contributed by atoms with E-state index >= 15 is 0 Å². The molecule has 1 fully saturated rings. The average Bonchev–Trinajstić information content (AvgIpc) is 2.61. The van der Waals surface area contributed by atoms with Gasteiger partial charge in [-0.25, -0.2) is 4.98 Å². The van der Waals surface area contributed by atoms with Crippen molar-refractivity contribution in [3.63, 3.8) is 0 Å². The van der Waals surface area contributed by atoms with Crippen LogP contribution in [0.4, 0.5) is 5.95 Å². The third-order valence-electron chi connectivity index (χ3n) is 3.21. The quantitative estimate of drug-likeness (QED) is 0.782. The van der Waals surface area contributed by atoms with E-state index < -0.39 is 0 Å². The van der Waals surface area contributed by atoms with Crippen LogP contribution in [0.3, 0.4) is 0 Å². The topological polar surface area (TPSA) is 61.0 Å². The van der Waals surface area contributed by atoms with E-state index in [9.17, 15) is 4.79 Å². The molecule has 17 heavy (non-hydrogen) atoms. The fourth-order valence-corrected chi connectivity index (χ4v) is 2.12. The number of H-pyrrole nitrogens is 1. The van der Waals surface area contributed by atoms with E-state index in [4.69, 9.17) is 0 Å². The summed E-state index contributed by atoms with van der Waals surface area (Å²) in [6.07, 6.45) is 1.88. The first-order valence-corrected chi connectivity index (χ1v) is 6.28. The van der Waals surface area contributed by atoms with Crippen molar-refractivity contribution in [2.24, 2.45) is 0 Å². The standard InChI is InChI=1S/C12H20N4O/c1-3-10-9(2)11(17)15-12(14-10)16-7-4-5-13-6-8-16/h13H,3-8H2,1-2H3,(H,14,15,17). The first kappa shape index (κ1) is 12.1. The minimum Gasteiger partial charge on any atom is -0.341 e. The van der Waals surface area contributed by atoms with Gasteiger partial charge in [0.05, 0.1) is 5.69 Å². The molecule has 2 heterocycles. The number of rotatable bonds is 2. The Morgan fingerprint density at radius 3 is 2.94 bits per heavy atom. The Kier molecular flexibility index (Phi) is 3.78. The molecule has 0 aliphatic carbocycles. The zero-order valence-corrected chi connectivity index (χ0v) is 10.5. The number of nitrogens with zero attached hydrogens (tertiary/aromatic N) is 2. The molecule has 0 bridgehead atoms. The molecule has 0 unspecified atom stereocenters. The molecule has 0 saturated carbocycles. The van der Waals surface area contributed by atoms with Crippen LogP contribution in [0.2, 0.25) is 0 Å². The molecule has 0 radical (unpaired) electrons. The second-order valence-electron chi connectivity index (χ2n) is 4.41.